The molecule has 0 aromatic heterocycles. The van der Waals surface area contributed by atoms with E-state index in [1.807, 2.05) is 38.1 Å². The molecule has 0 heterocycles. The van der Waals surface area contributed by atoms with Crippen molar-refractivity contribution in [2.45, 2.75) is 20.3 Å². The van der Waals surface area contributed by atoms with Crippen LogP contribution in [0.1, 0.15) is 19.4 Å². The molecule has 1 aromatic rings. The Kier molecular flexibility index (Phi) is 6.76. The highest BCUT2D eigenvalue weighted by Crippen LogP contribution is 2.10. The van der Waals surface area contributed by atoms with E-state index in [0.717, 1.165) is 30.1 Å². The summed E-state index contributed by atoms with van der Waals surface area (Å²) in [5.41, 5.74) is 1.14. The zero-order valence-electron chi connectivity index (χ0n) is 11.0. The molecule has 0 bridgehead atoms. The molecule has 0 aliphatic heterocycles. The topological polar surface area (TPSA) is 41.1 Å². The first-order valence-electron chi connectivity index (χ1n) is 6.36. The van der Waals surface area contributed by atoms with Crippen molar-refractivity contribution in [1.29, 1.82) is 0 Å². The van der Waals surface area contributed by atoms with Crippen molar-refractivity contribution in [3.05, 3.63) is 34.9 Å². The average molecular weight is 269 g/mol. The van der Waals surface area contributed by atoms with Crippen LogP contribution in [0.3, 0.4) is 0 Å². The van der Waals surface area contributed by atoms with E-state index in [2.05, 4.69) is 10.6 Å². The molecule has 0 saturated heterocycles. The third-order valence-electron chi connectivity index (χ3n) is 2.75. The second-order valence-electron chi connectivity index (χ2n) is 4.38. The van der Waals surface area contributed by atoms with Gasteiger partial charge in [-0.1, -0.05) is 37.6 Å². The van der Waals surface area contributed by atoms with Gasteiger partial charge in [0.15, 0.2) is 0 Å². The predicted octanol–water partition coefficient (Wildman–Crippen LogP) is 2.24. The molecule has 4 heteroatoms. The second-order valence-corrected chi connectivity index (χ2v) is 4.82. The molecule has 0 spiro atoms. The van der Waals surface area contributed by atoms with Crippen LogP contribution >= 0.6 is 11.6 Å². The first kappa shape index (κ1) is 15.0. The van der Waals surface area contributed by atoms with E-state index in [0.29, 0.717) is 6.54 Å². The minimum Gasteiger partial charge on any atom is -0.355 e. The fourth-order valence-corrected chi connectivity index (χ4v) is 1.86. The van der Waals surface area contributed by atoms with Crippen LogP contribution in [0.15, 0.2) is 24.3 Å². The van der Waals surface area contributed by atoms with Gasteiger partial charge in [-0.15, -0.1) is 0 Å². The van der Waals surface area contributed by atoms with E-state index in [9.17, 15) is 4.79 Å². The molecular weight excluding hydrogens is 248 g/mol. The maximum atomic E-state index is 11.7. The highest BCUT2D eigenvalue weighted by Gasteiger charge is 2.10. The fourth-order valence-electron chi connectivity index (χ4n) is 1.65. The Morgan fingerprint density at radius 1 is 1.44 bits per heavy atom. The number of halogens is 1. The van der Waals surface area contributed by atoms with E-state index in [-0.39, 0.29) is 11.8 Å². The molecule has 0 fully saturated rings. The van der Waals surface area contributed by atoms with E-state index in [1.165, 1.54) is 0 Å². The number of rotatable bonds is 7. The highest BCUT2D eigenvalue weighted by molar-refractivity contribution is 6.30. The van der Waals surface area contributed by atoms with Crippen LogP contribution in [0.4, 0.5) is 0 Å². The second kappa shape index (κ2) is 8.11. The number of hydrogen-bond acceptors (Lipinski definition) is 2. The van der Waals surface area contributed by atoms with Crippen molar-refractivity contribution in [2.24, 2.45) is 5.92 Å². The van der Waals surface area contributed by atoms with Crippen molar-refractivity contribution in [3.8, 4) is 0 Å². The lowest BCUT2D eigenvalue weighted by atomic mass is 10.1. The lowest BCUT2D eigenvalue weighted by molar-refractivity contribution is -0.124. The first-order valence-corrected chi connectivity index (χ1v) is 6.74. The first-order chi connectivity index (χ1) is 8.63. The quantitative estimate of drug-likeness (QED) is 0.796. The molecule has 1 unspecified atom stereocenters. The van der Waals surface area contributed by atoms with Crippen LogP contribution < -0.4 is 10.6 Å². The minimum atomic E-state index is 0.00399. The van der Waals surface area contributed by atoms with Gasteiger partial charge in [-0.2, -0.15) is 0 Å². The van der Waals surface area contributed by atoms with Gasteiger partial charge in [0.2, 0.25) is 5.91 Å². The monoisotopic (exact) mass is 268 g/mol. The number of nitrogens with one attached hydrogen (secondary N) is 2. The summed E-state index contributed by atoms with van der Waals surface area (Å²) < 4.78 is 0. The van der Waals surface area contributed by atoms with Gasteiger partial charge < -0.3 is 10.6 Å². The summed E-state index contributed by atoms with van der Waals surface area (Å²) in [6, 6.07) is 7.71. The van der Waals surface area contributed by atoms with Gasteiger partial charge >= 0.3 is 0 Å². The molecule has 0 aliphatic carbocycles. The zero-order chi connectivity index (χ0) is 13.4. The lowest BCUT2D eigenvalue weighted by Gasteiger charge is -2.12. The van der Waals surface area contributed by atoms with Gasteiger partial charge in [-0.3, -0.25) is 4.79 Å². The Balaban J connectivity index is 2.27. The summed E-state index contributed by atoms with van der Waals surface area (Å²) in [6.07, 6.45) is 0.806. The molecule has 18 heavy (non-hydrogen) atoms. The van der Waals surface area contributed by atoms with Crippen LogP contribution in [0, 0.1) is 5.92 Å². The third-order valence-corrected chi connectivity index (χ3v) is 2.99. The molecule has 0 radical (unpaired) electrons. The summed E-state index contributed by atoms with van der Waals surface area (Å²) in [6.45, 7) is 6.22. The Hall–Kier alpha value is -1.06. The summed E-state index contributed by atoms with van der Waals surface area (Å²) >= 11 is 5.90. The zero-order valence-corrected chi connectivity index (χ0v) is 11.8. The predicted molar refractivity (Wildman–Crippen MR) is 75.9 cm³/mol. The Morgan fingerprint density at radius 2 is 2.22 bits per heavy atom. The molecule has 2 N–H and O–H groups in total. The average Bonchev–Trinajstić information content (AvgIpc) is 2.35. The van der Waals surface area contributed by atoms with Crippen molar-refractivity contribution in [3.63, 3.8) is 0 Å². The molecule has 1 atom stereocenters. The highest BCUT2D eigenvalue weighted by atomic mass is 35.5. The summed E-state index contributed by atoms with van der Waals surface area (Å²) in [5, 5.41) is 6.84. The van der Waals surface area contributed by atoms with Gasteiger partial charge in [0.05, 0.1) is 0 Å². The maximum absolute atomic E-state index is 11.7. The molecule has 1 rings (SSSR count). The van der Waals surface area contributed by atoms with E-state index >= 15 is 0 Å². The van der Waals surface area contributed by atoms with Gasteiger partial charge in [-0.25, -0.2) is 0 Å². The summed E-state index contributed by atoms with van der Waals surface area (Å²) in [4.78, 5) is 11.7. The maximum Gasteiger partial charge on any atom is 0.224 e. The molecule has 1 aromatic carbocycles. The van der Waals surface area contributed by atoms with Crippen LogP contribution in [0.5, 0.6) is 0 Å². The molecular formula is C14H21ClN2O. The van der Waals surface area contributed by atoms with Crippen LogP contribution in [0.2, 0.25) is 5.02 Å². The lowest BCUT2D eigenvalue weighted by Crippen LogP contribution is -2.36. The summed E-state index contributed by atoms with van der Waals surface area (Å²) in [5.74, 6) is 0.0993. The van der Waals surface area contributed by atoms with Crippen molar-refractivity contribution >= 4 is 17.5 Å². The van der Waals surface area contributed by atoms with Gasteiger partial charge in [-0.05, 0) is 30.7 Å². The Morgan fingerprint density at radius 3 is 2.89 bits per heavy atom. The van der Waals surface area contributed by atoms with Gasteiger partial charge in [0, 0.05) is 24.0 Å². The van der Waals surface area contributed by atoms with E-state index in [1.54, 1.807) is 0 Å². The van der Waals surface area contributed by atoms with E-state index in [4.69, 9.17) is 11.6 Å². The molecule has 0 aliphatic rings. The molecule has 3 nitrogen and oxygen atoms in total. The fraction of sp³-hybridized carbons (Fsp3) is 0.500. The van der Waals surface area contributed by atoms with Crippen LogP contribution in [0.25, 0.3) is 0 Å². The van der Waals surface area contributed by atoms with Crippen LogP contribution in [-0.2, 0) is 11.2 Å². The Bertz CT molecular complexity index is 382. The molecule has 1 amide bonds. The smallest absolute Gasteiger partial charge is 0.224 e. The van der Waals surface area contributed by atoms with Crippen molar-refractivity contribution < 1.29 is 4.79 Å². The normalized spacial score (nSPS) is 12.2. The third kappa shape index (κ3) is 5.52. The Labute approximate surface area is 114 Å². The minimum absolute atomic E-state index is 0.00399. The van der Waals surface area contributed by atoms with Gasteiger partial charge in [0.25, 0.3) is 0 Å². The number of carbonyl (C=O) groups excluding carboxylic acids is 1. The number of amides is 1. The largest absolute Gasteiger partial charge is 0.355 e. The molecule has 0 saturated carbocycles. The number of benzene rings is 1. The van der Waals surface area contributed by atoms with Crippen LogP contribution in [-0.4, -0.2) is 25.5 Å². The van der Waals surface area contributed by atoms with Crippen molar-refractivity contribution in [2.75, 3.05) is 19.6 Å². The standard InChI is InChI=1S/C14H21ClN2O/c1-3-16-10-11(2)14(18)17-8-7-12-5-4-6-13(15)9-12/h4-6,9,11,16H,3,7-8,10H2,1-2H3,(H,17,18). The SMILES string of the molecule is CCNCC(C)C(=O)NCCc1cccc(Cl)c1. The number of hydrogen-bond donors (Lipinski definition) is 2. The van der Waals surface area contributed by atoms with Crippen molar-refractivity contribution in [1.82, 2.24) is 10.6 Å². The number of carbonyl (C=O) groups is 1. The van der Waals surface area contributed by atoms with E-state index < -0.39 is 0 Å². The van der Waals surface area contributed by atoms with Gasteiger partial charge in [0.1, 0.15) is 0 Å². The molecule has 100 valence electrons. The summed E-state index contributed by atoms with van der Waals surface area (Å²) in [7, 11) is 0.